The van der Waals surface area contributed by atoms with Crippen molar-refractivity contribution in [2.45, 2.75) is 110 Å². The highest BCUT2D eigenvalue weighted by molar-refractivity contribution is 7.91. The summed E-state index contributed by atoms with van der Waals surface area (Å²) in [5.41, 5.74) is 1.44. The Labute approximate surface area is 280 Å². The number of carbonyl (C=O) groups is 3. The third-order valence-electron chi connectivity index (χ3n) is 9.71. The average molecular weight is 666 g/mol. The van der Waals surface area contributed by atoms with Gasteiger partial charge in [-0.3, -0.25) is 19.4 Å². The van der Waals surface area contributed by atoms with Gasteiger partial charge in [0.15, 0.2) is 9.84 Å². The van der Waals surface area contributed by atoms with Gasteiger partial charge < -0.3 is 15.3 Å². The zero-order chi connectivity index (χ0) is 34.8. The van der Waals surface area contributed by atoms with Crippen LogP contribution < -0.4 is 5.32 Å². The van der Waals surface area contributed by atoms with Gasteiger partial charge in [0.05, 0.1) is 23.1 Å². The minimum Gasteiger partial charge on any atom is -0.481 e. The Hall–Kier alpha value is -3.53. The summed E-state index contributed by atoms with van der Waals surface area (Å²) < 4.78 is 25.6. The van der Waals surface area contributed by atoms with Crippen molar-refractivity contribution < 1.29 is 27.9 Å². The van der Waals surface area contributed by atoms with Crippen LogP contribution in [0.25, 0.3) is 0 Å². The fourth-order valence-corrected chi connectivity index (χ4v) is 7.72. The van der Waals surface area contributed by atoms with Crippen LogP contribution in [0.3, 0.4) is 0 Å². The summed E-state index contributed by atoms with van der Waals surface area (Å²) in [6.45, 7) is 14.9. The summed E-state index contributed by atoms with van der Waals surface area (Å²) in [5, 5.41) is 11.6. The summed E-state index contributed by atoms with van der Waals surface area (Å²) in [4.78, 5) is 45.7. The molecule has 0 bridgehead atoms. The summed E-state index contributed by atoms with van der Waals surface area (Å²) >= 11 is 0. The number of sulfone groups is 1. The SMILES string of the molecule is CCS(=O)(=O)c1cccc(C2=NC3(CCC(C(C)(C)C)CC3)N([C@H](CCC(C)(C)C)c3ccc(C(=O)NCCC(=O)O)cc3)C2=O)c1. The Morgan fingerprint density at radius 3 is 2.23 bits per heavy atom. The zero-order valence-corrected chi connectivity index (χ0v) is 29.7. The first-order valence-electron chi connectivity index (χ1n) is 16.7. The lowest BCUT2D eigenvalue weighted by molar-refractivity contribution is -0.137. The highest BCUT2D eigenvalue weighted by Gasteiger charge is 2.52. The van der Waals surface area contributed by atoms with Gasteiger partial charge in [-0.1, -0.05) is 72.7 Å². The molecule has 0 unspecified atom stereocenters. The van der Waals surface area contributed by atoms with Gasteiger partial charge in [0.25, 0.3) is 11.8 Å². The molecule has 1 spiro atoms. The molecule has 47 heavy (non-hydrogen) atoms. The summed E-state index contributed by atoms with van der Waals surface area (Å²) in [6.07, 6.45) is 4.57. The third-order valence-corrected chi connectivity index (χ3v) is 11.4. The Bertz CT molecular complexity index is 1610. The first-order chi connectivity index (χ1) is 21.9. The van der Waals surface area contributed by atoms with Gasteiger partial charge in [-0.05, 0) is 85.1 Å². The standard InChI is InChI=1S/C37H51N3O6S/c1-8-47(45,46)29-11-9-10-27(24-29)32-34(44)40(37(39-32)21-16-28(17-22-37)36(5,6)7)30(18-20-35(2,3)4)25-12-14-26(15-13-25)33(43)38-23-19-31(41)42/h9-15,24,28,30H,8,16-23H2,1-7H3,(H,38,43)(H,41,42)/t28?,30-,37?/m1/s1. The van der Waals surface area contributed by atoms with Crippen LogP contribution in [0.5, 0.6) is 0 Å². The van der Waals surface area contributed by atoms with Gasteiger partial charge in [0.2, 0.25) is 0 Å². The molecule has 2 aromatic rings. The second kappa shape index (κ2) is 13.9. The maximum atomic E-state index is 14.7. The number of carboxylic acids is 1. The van der Waals surface area contributed by atoms with E-state index in [1.807, 2.05) is 17.0 Å². The van der Waals surface area contributed by atoms with Crippen molar-refractivity contribution in [1.29, 1.82) is 0 Å². The number of benzene rings is 2. The topological polar surface area (TPSA) is 133 Å². The number of carbonyl (C=O) groups excluding carboxylic acids is 2. The molecule has 2 aromatic carbocycles. The normalized spacial score (nSPS) is 21.1. The molecule has 1 atom stereocenters. The number of amides is 2. The fraction of sp³-hybridized carbons (Fsp3) is 0.568. The number of hydrogen-bond donors (Lipinski definition) is 2. The number of carboxylic acid groups (broad SMARTS) is 1. The van der Waals surface area contributed by atoms with Crippen molar-refractivity contribution in [2.75, 3.05) is 12.3 Å². The highest BCUT2D eigenvalue weighted by Crippen LogP contribution is 2.50. The van der Waals surface area contributed by atoms with Crippen molar-refractivity contribution in [3.05, 3.63) is 65.2 Å². The molecular formula is C37H51N3O6S. The summed E-state index contributed by atoms with van der Waals surface area (Å²) in [5.74, 6) is -1.10. The molecule has 1 heterocycles. The van der Waals surface area contributed by atoms with Crippen LogP contribution in [0.4, 0.5) is 0 Å². The molecule has 1 aliphatic carbocycles. The molecule has 9 nitrogen and oxygen atoms in total. The van der Waals surface area contributed by atoms with E-state index in [1.165, 1.54) is 0 Å². The molecule has 0 aromatic heterocycles. The Balaban J connectivity index is 1.77. The van der Waals surface area contributed by atoms with E-state index in [4.69, 9.17) is 10.1 Å². The number of nitrogens with zero attached hydrogens (tertiary/aromatic N) is 2. The van der Waals surface area contributed by atoms with Crippen LogP contribution in [-0.4, -0.2) is 59.9 Å². The zero-order valence-electron chi connectivity index (χ0n) is 28.9. The molecule has 2 aliphatic rings. The Morgan fingerprint density at radius 1 is 1.04 bits per heavy atom. The number of aliphatic imine (C=N–C) groups is 1. The van der Waals surface area contributed by atoms with Crippen molar-refractivity contribution in [2.24, 2.45) is 21.7 Å². The molecule has 2 amide bonds. The predicted molar refractivity (Wildman–Crippen MR) is 184 cm³/mol. The molecule has 10 heteroatoms. The molecule has 2 N–H and O–H groups in total. The van der Waals surface area contributed by atoms with Crippen LogP contribution in [0.15, 0.2) is 58.4 Å². The van der Waals surface area contributed by atoms with E-state index in [1.54, 1.807) is 43.3 Å². The predicted octanol–water partition coefficient (Wildman–Crippen LogP) is 6.82. The average Bonchev–Trinajstić information content (AvgIpc) is 3.27. The molecule has 256 valence electrons. The second-order valence-electron chi connectivity index (χ2n) is 15.3. The minimum absolute atomic E-state index is 0.00538. The maximum Gasteiger partial charge on any atom is 0.305 e. The van der Waals surface area contributed by atoms with Crippen molar-refractivity contribution >= 4 is 33.3 Å². The van der Waals surface area contributed by atoms with Crippen molar-refractivity contribution in [3.63, 3.8) is 0 Å². The molecule has 4 rings (SSSR count). The Morgan fingerprint density at radius 2 is 1.68 bits per heavy atom. The maximum absolute atomic E-state index is 14.7. The number of hydrogen-bond acceptors (Lipinski definition) is 6. The van der Waals surface area contributed by atoms with E-state index in [-0.39, 0.29) is 52.3 Å². The van der Waals surface area contributed by atoms with Crippen molar-refractivity contribution in [1.82, 2.24) is 10.2 Å². The fourth-order valence-electron chi connectivity index (χ4n) is 6.79. The highest BCUT2D eigenvalue weighted by atomic mass is 32.2. The van der Waals surface area contributed by atoms with Gasteiger partial charge in [-0.25, -0.2) is 8.42 Å². The molecule has 1 saturated carbocycles. The number of rotatable bonds is 11. The van der Waals surface area contributed by atoms with Crippen LogP contribution >= 0.6 is 0 Å². The first kappa shape index (κ1) is 36.3. The van der Waals surface area contributed by atoms with Gasteiger partial charge >= 0.3 is 5.97 Å². The third kappa shape index (κ3) is 8.50. The van der Waals surface area contributed by atoms with Crippen molar-refractivity contribution in [3.8, 4) is 0 Å². The number of aliphatic carboxylic acids is 1. The van der Waals surface area contributed by atoms with E-state index in [9.17, 15) is 22.8 Å². The van der Waals surface area contributed by atoms with Crippen LogP contribution in [0.2, 0.25) is 0 Å². The van der Waals surface area contributed by atoms with Gasteiger partial charge in [0, 0.05) is 17.7 Å². The second-order valence-corrected chi connectivity index (χ2v) is 17.6. The van der Waals surface area contributed by atoms with E-state index in [0.717, 1.165) is 24.8 Å². The van der Waals surface area contributed by atoms with E-state index in [0.29, 0.717) is 42.0 Å². The molecule has 1 aliphatic heterocycles. The molecular weight excluding hydrogens is 614 g/mol. The monoisotopic (exact) mass is 665 g/mol. The number of nitrogens with one attached hydrogen (secondary N) is 1. The van der Waals surface area contributed by atoms with E-state index < -0.39 is 21.5 Å². The van der Waals surface area contributed by atoms with Crippen LogP contribution in [0.1, 0.15) is 121 Å². The van der Waals surface area contributed by atoms with Crippen LogP contribution in [-0.2, 0) is 19.4 Å². The van der Waals surface area contributed by atoms with Crippen LogP contribution in [0, 0.1) is 16.7 Å². The first-order valence-corrected chi connectivity index (χ1v) is 18.4. The van der Waals surface area contributed by atoms with Gasteiger partial charge in [-0.15, -0.1) is 0 Å². The minimum atomic E-state index is -3.49. The molecule has 1 fully saturated rings. The smallest absolute Gasteiger partial charge is 0.305 e. The lowest BCUT2D eigenvalue weighted by atomic mass is 9.69. The quantitative estimate of drug-likeness (QED) is 0.271. The molecule has 0 saturated heterocycles. The van der Waals surface area contributed by atoms with E-state index in [2.05, 4.69) is 46.9 Å². The van der Waals surface area contributed by atoms with E-state index >= 15 is 0 Å². The summed E-state index contributed by atoms with van der Waals surface area (Å²) in [6, 6.07) is 13.5. The molecule has 0 radical (unpaired) electrons. The van der Waals surface area contributed by atoms with Gasteiger partial charge in [0.1, 0.15) is 11.4 Å². The largest absolute Gasteiger partial charge is 0.481 e. The lowest BCUT2D eigenvalue weighted by Gasteiger charge is -2.47. The Kier molecular flexibility index (Phi) is 10.7. The summed E-state index contributed by atoms with van der Waals surface area (Å²) in [7, 11) is -3.49. The lowest BCUT2D eigenvalue weighted by Crippen LogP contribution is -2.51. The van der Waals surface area contributed by atoms with Gasteiger partial charge in [-0.2, -0.15) is 0 Å².